The minimum Gasteiger partial charge on any atom is -0.378 e. The molecule has 16 heavy (non-hydrogen) atoms. The van der Waals surface area contributed by atoms with E-state index in [1.54, 1.807) is 12.1 Å². The van der Waals surface area contributed by atoms with Gasteiger partial charge in [-0.1, -0.05) is 12.1 Å². The van der Waals surface area contributed by atoms with Crippen molar-refractivity contribution in [1.82, 2.24) is 0 Å². The summed E-state index contributed by atoms with van der Waals surface area (Å²) < 4.78 is 18.0. The van der Waals surface area contributed by atoms with E-state index in [4.69, 9.17) is 4.74 Å². The van der Waals surface area contributed by atoms with E-state index in [0.717, 1.165) is 12.0 Å². The summed E-state index contributed by atoms with van der Waals surface area (Å²) in [5.74, 6) is -0.0648. The highest BCUT2D eigenvalue weighted by Gasteiger charge is 2.27. The smallest absolute Gasteiger partial charge is 0.142 e. The quantitative estimate of drug-likeness (QED) is 0.784. The number of benzene rings is 1. The lowest BCUT2D eigenvalue weighted by Gasteiger charge is -2.06. The second kappa shape index (κ2) is 4.74. The van der Waals surface area contributed by atoms with Crippen LogP contribution in [0.3, 0.4) is 0 Å². The molecule has 0 radical (unpaired) electrons. The highest BCUT2D eigenvalue weighted by molar-refractivity contribution is 5.83. The van der Waals surface area contributed by atoms with Gasteiger partial charge in [-0.25, -0.2) is 4.39 Å². The van der Waals surface area contributed by atoms with Crippen LogP contribution in [0.5, 0.6) is 0 Å². The number of carbonyl (C=O) groups is 1. The van der Waals surface area contributed by atoms with Crippen LogP contribution in [0.25, 0.3) is 0 Å². The third-order valence-electron chi connectivity index (χ3n) is 2.95. The van der Waals surface area contributed by atoms with Crippen molar-refractivity contribution in [2.75, 3.05) is 6.61 Å². The fourth-order valence-electron chi connectivity index (χ4n) is 1.99. The Morgan fingerprint density at radius 1 is 1.44 bits per heavy atom. The van der Waals surface area contributed by atoms with E-state index in [1.807, 2.05) is 6.92 Å². The maximum absolute atomic E-state index is 12.7. The topological polar surface area (TPSA) is 26.3 Å². The zero-order valence-corrected chi connectivity index (χ0v) is 9.28. The Morgan fingerprint density at radius 3 is 2.69 bits per heavy atom. The zero-order valence-electron chi connectivity index (χ0n) is 9.28. The standard InChI is InChI=1S/C13H15FO2/c1-9-6-11(8-16-9)13(15)7-10-2-4-12(14)5-3-10/h2-5,9,11H,6-8H2,1H3. The fourth-order valence-corrected chi connectivity index (χ4v) is 1.99. The molecular formula is C13H15FO2. The zero-order chi connectivity index (χ0) is 11.5. The minimum atomic E-state index is -0.269. The van der Waals surface area contributed by atoms with Crippen LogP contribution in [0, 0.1) is 11.7 Å². The van der Waals surface area contributed by atoms with E-state index >= 15 is 0 Å². The fraction of sp³-hybridized carbons (Fsp3) is 0.462. The van der Waals surface area contributed by atoms with Crippen molar-refractivity contribution in [3.8, 4) is 0 Å². The minimum absolute atomic E-state index is 0.0139. The highest BCUT2D eigenvalue weighted by Crippen LogP contribution is 2.21. The monoisotopic (exact) mass is 222 g/mol. The van der Waals surface area contributed by atoms with Gasteiger partial charge >= 0.3 is 0 Å². The van der Waals surface area contributed by atoms with E-state index in [-0.39, 0.29) is 23.6 Å². The summed E-state index contributed by atoms with van der Waals surface area (Å²) in [7, 11) is 0. The number of hydrogen-bond donors (Lipinski definition) is 0. The predicted octanol–water partition coefficient (Wildman–Crippen LogP) is 2.36. The van der Waals surface area contributed by atoms with Crippen LogP contribution >= 0.6 is 0 Å². The predicted molar refractivity (Wildman–Crippen MR) is 58.6 cm³/mol. The number of Topliss-reactive ketones (excluding diaryl/α,β-unsaturated/α-hetero) is 1. The Hall–Kier alpha value is -1.22. The van der Waals surface area contributed by atoms with Crippen molar-refractivity contribution < 1.29 is 13.9 Å². The Balaban J connectivity index is 1.94. The Kier molecular flexibility index (Phi) is 3.34. The number of rotatable bonds is 3. The molecule has 2 atom stereocenters. The molecule has 1 aliphatic rings. The lowest BCUT2D eigenvalue weighted by Crippen LogP contribution is -2.16. The maximum atomic E-state index is 12.7. The van der Waals surface area contributed by atoms with Crippen LogP contribution < -0.4 is 0 Å². The molecule has 1 fully saturated rings. The van der Waals surface area contributed by atoms with Gasteiger partial charge in [-0.15, -0.1) is 0 Å². The van der Waals surface area contributed by atoms with Crippen molar-refractivity contribution in [1.29, 1.82) is 0 Å². The van der Waals surface area contributed by atoms with Gasteiger partial charge in [0.05, 0.1) is 12.7 Å². The van der Waals surface area contributed by atoms with Gasteiger partial charge in [-0.2, -0.15) is 0 Å². The maximum Gasteiger partial charge on any atom is 0.142 e. The first kappa shape index (κ1) is 11.3. The van der Waals surface area contributed by atoms with Crippen molar-refractivity contribution in [2.45, 2.75) is 25.9 Å². The number of ketones is 1. The van der Waals surface area contributed by atoms with E-state index in [9.17, 15) is 9.18 Å². The summed E-state index contributed by atoms with van der Waals surface area (Å²) in [5, 5.41) is 0. The van der Waals surface area contributed by atoms with Crippen LogP contribution in [-0.2, 0) is 16.0 Å². The molecule has 0 aromatic heterocycles. The van der Waals surface area contributed by atoms with Gasteiger partial charge in [0.25, 0.3) is 0 Å². The molecule has 0 bridgehead atoms. The SMILES string of the molecule is CC1CC(C(=O)Cc2ccc(F)cc2)CO1. The van der Waals surface area contributed by atoms with Crippen LogP contribution in [0.1, 0.15) is 18.9 Å². The highest BCUT2D eigenvalue weighted by atomic mass is 19.1. The van der Waals surface area contributed by atoms with Crippen molar-refractivity contribution >= 4 is 5.78 Å². The van der Waals surface area contributed by atoms with Crippen LogP contribution in [-0.4, -0.2) is 18.5 Å². The summed E-state index contributed by atoms with van der Waals surface area (Å²) in [6.45, 7) is 2.51. The number of ether oxygens (including phenoxy) is 1. The van der Waals surface area contributed by atoms with E-state index < -0.39 is 0 Å². The second-order valence-corrected chi connectivity index (χ2v) is 4.35. The summed E-state index contributed by atoms with van der Waals surface area (Å²) in [6, 6.07) is 6.09. The van der Waals surface area contributed by atoms with Gasteiger partial charge in [-0.3, -0.25) is 4.79 Å². The first-order valence-corrected chi connectivity index (χ1v) is 5.54. The Labute approximate surface area is 94.4 Å². The Bertz CT molecular complexity index is 372. The molecular weight excluding hydrogens is 207 g/mol. The molecule has 2 nitrogen and oxygen atoms in total. The molecule has 0 aliphatic carbocycles. The lowest BCUT2D eigenvalue weighted by molar-refractivity contribution is -0.122. The number of hydrogen-bond acceptors (Lipinski definition) is 2. The van der Waals surface area contributed by atoms with Crippen molar-refractivity contribution in [3.05, 3.63) is 35.6 Å². The molecule has 1 aromatic carbocycles. The van der Waals surface area contributed by atoms with E-state index in [0.29, 0.717) is 13.0 Å². The molecule has 1 aromatic rings. The summed E-state index contributed by atoms with van der Waals surface area (Å²) in [5.41, 5.74) is 0.867. The Morgan fingerprint density at radius 2 is 2.12 bits per heavy atom. The van der Waals surface area contributed by atoms with E-state index in [1.165, 1.54) is 12.1 Å². The third kappa shape index (κ3) is 2.67. The average molecular weight is 222 g/mol. The molecule has 0 amide bonds. The van der Waals surface area contributed by atoms with Crippen LogP contribution in [0.15, 0.2) is 24.3 Å². The average Bonchev–Trinajstić information content (AvgIpc) is 2.68. The molecule has 86 valence electrons. The molecule has 0 spiro atoms. The largest absolute Gasteiger partial charge is 0.378 e. The molecule has 3 heteroatoms. The van der Waals surface area contributed by atoms with Gasteiger partial charge in [0.2, 0.25) is 0 Å². The van der Waals surface area contributed by atoms with Gasteiger partial charge in [0.15, 0.2) is 0 Å². The number of halogens is 1. The second-order valence-electron chi connectivity index (χ2n) is 4.35. The molecule has 0 N–H and O–H groups in total. The van der Waals surface area contributed by atoms with Crippen molar-refractivity contribution in [2.24, 2.45) is 5.92 Å². The van der Waals surface area contributed by atoms with Gasteiger partial charge in [-0.05, 0) is 31.0 Å². The van der Waals surface area contributed by atoms with Gasteiger partial charge in [0, 0.05) is 12.3 Å². The third-order valence-corrected chi connectivity index (χ3v) is 2.95. The van der Waals surface area contributed by atoms with Crippen LogP contribution in [0.2, 0.25) is 0 Å². The lowest BCUT2D eigenvalue weighted by atomic mass is 9.96. The molecule has 1 aliphatic heterocycles. The molecule has 2 unspecified atom stereocenters. The summed E-state index contributed by atoms with van der Waals surface area (Å²) >= 11 is 0. The first-order chi connectivity index (χ1) is 7.65. The van der Waals surface area contributed by atoms with Gasteiger partial charge < -0.3 is 4.74 Å². The normalized spacial score (nSPS) is 24.6. The number of carbonyl (C=O) groups excluding carboxylic acids is 1. The molecule has 1 saturated heterocycles. The summed E-state index contributed by atoms with van der Waals surface area (Å²) in [6.07, 6.45) is 1.36. The molecule has 1 heterocycles. The van der Waals surface area contributed by atoms with Crippen molar-refractivity contribution in [3.63, 3.8) is 0 Å². The van der Waals surface area contributed by atoms with Gasteiger partial charge in [0.1, 0.15) is 11.6 Å². The van der Waals surface area contributed by atoms with E-state index in [2.05, 4.69) is 0 Å². The summed E-state index contributed by atoms with van der Waals surface area (Å²) in [4.78, 5) is 11.9. The molecule has 0 saturated carbocycles. The molecule has 2 rings (SSSR count). The van der Waals surface area contributed by atoms with Crippen LogP contribution in [0.4, 0.5) is 4.39 Å². The first-order valence-electron chi connectivity index (χ1n) is 5.54.